The highest BCUT2D eigenvalue weighted by molar-refractivity contribution is 6.07. The van der Waals surface area contributed by atoms with E-state index >= 15 is 0 Å². The fraction of sp³-hybridized carbons (Fsp3) is 0.182. The zero-order valence-electron chi connectivity index (χ0n) is 16.9. The molecule has 0 saturated heterocycles. The molecule has 4 rings (SSSR count). The van der Waals surface area contributed by atoms with E-state index in [9.17, 15) is 32.3 Å². The third kappa shape index (κ3) is 3.71. The van der Waals surface area contributed by atoms with Gasteiger partial charge in [-0.1, -0.05) is 48.5 Å². The van der Waals surface area contributed by atoms with Gasteiger partial charge in [-0.2, -0.15) is 13.2 Å². The molecule has 2 heterocycles. The minimum Gasteiger partial charge on any atom is -0.330 e. The number of alkyl halides is 3. The number of aromatic nitrogens is 2. The number of nitrogens with one attached hydrogen (secondary N) is 3. The van der Waals surface area contributed by atoms with Gasteiger partial charge in [-0.05, 0) is 24.1 Å². The lowest BCUT2D eigenvalue weighted by atomic mass is 9.91. The predicted molar refractivity (Wildman–Crippen MR) is 112 cm³/mol. The summed E-state index contributed by atoms with van der Waals surface area (Å²) in [7, 11) is 0. The predicted octanol–water partition coefficient (Wildman–Crippen LogP) is 1.98. The highest BCUT2D eigenvalue weighted by atomic mass is 19.4. The second-order valence-corrected chi connectivity index (χ2v) is 7.39. The Morgan fingerprint density at radius 3 is 2.18 bits per heavy atom. The van der Waals surface area contributed by atoms with E-state index in [0.717, 1.165) is 4.57 Å². The van der Waals surface area contributed by atoms with E-state index in [0.29, 0.717) is 5.56 Å². The molecule has 2 amide bonds. The molecule has 3 aromatic rings. The van der Waals surface area contributed by atoms with Gasteiger partial charge in [-0.15, -0.1) is 0 Å². The molecule has 33 heavy (non-hydrogen) atoms. The summed E-state index contributed by atoms with van der Waals surface area (Å²) >= 11 is 0. The summed E-state index contributed by atoms with van der Waals surface area (Å²) in [5, 5.41) is 3.73. The second-order valence-electron chi connectivity index (χ2n) is 7.39. The highest BCUT2D eigenvalue weighted by Gasteiger charge is 2.68. The molecular weight excluding hydrogens is 441 g/mol. The van der Waals surface area contributed by atoms with Gasteiger partial charge in [0.25, 0.3) is 11.5 Å². The number of anilines is 1. The molecule has 0 spiro atoms. The Morgan fingerprint density at radius 2 is 1.58 bits per heavy atom. The summed E-state index contributed by atoms with van der Waals surface area (Å²) in [5.74, 6) is -3.42. The van der Waals surface area contributed by atoms with E-state index in [-0.39, 0.29) is 18.5 Å². The molecular formula is C22H17F3N4O4. The van der Waals surface area contributed by atoms with Crippen molar-refractivity contribution >= 4 is 17.6 Å². The van der Waals surface area contributed by atoms with Crippen molar-refractivity contribution in [3.8, 4) is 5.69 Å². The van der Waals surface area contributed by atoms with Crippen LogP contribution in [0.25, 0.3) is 5.69 Å². The van der Waals surface area contributed by atoms with Crippen molar-refractivity contribution in [2.45, 2.75) is 24.6 Å². The van der Waals surface area contributed by atoms with Crippen LogP contribution in [0.4, 0.5) is 19.0 Å². The van der Waals surface area contributed by atoms with Gasteiger partial charge in [-0.3, -0.25) is 19.4 Å². The zero-order chi connectivity index (χ0) is 23.8. The molecule has 1 atom stereocenters. The summed E-state index contributed by atoms with van der Waals surface area (Å²) in [6.07, 6.45) is -5.62. The second kappa shape index (κ2) is 8.08. The summed E-state index contributed by atoms with van der Waals surface area (Å²) in [6, 6.07) is 16.1. The smallest absolute Gasteiger partial charge is 0.330 e. The highest BCUT2D eigenvalue weighted by Crippen LogP contribution is 2.45. The average Bonchev–Trinajstić information content (AvgIpc) is 3.07. The molecule has 170 valence electrons. The van der Waals surface area contributed by atoms with Crippen molar-refractivity contribution in [2.75, 3.05) is 5.32 Å². The van der Waals surface area contributed by atoms with Crippen molar-refractivity contribution in [1.29, 1.82) is 0 Å². The number of hydrogen-bond donors (Lipinski definition) is 3. The van der Waals surface area contributed by atoms with Gasteiger partial charge in [-0.25, -0.2) is 9.36 Å². The maximum absolute atomic E-state index is 14.4. The van der Waals surface area contributed by atoms with Crippen LogP contribution in [0, 0.1) is 0 Å². The van der Waals surface area contributed by atoms with E-state index in [4.69, 9.17) is 0 Å². The Morgan fingerprint density at radius 1 is 0.970 bits per heavy atom. The number of hydrogen-bond acceptors (Lipinski definition) is 4. The van der Waals surface area contributed by atoms with Crippen LogP contribution in [0.1, 0.15) is 17.5 Å². The van der Waals surface area contributed by atoms with Crippen molar-refractivity contribution in [2.24, 2.45) is 0 Å². The molecule has 1 aliphatic rings. The number of halogens is 3. The Bertz CT molecular complexity index is 1330. The molecule has 11 heteroatoms. The number of benzene rings is 2. The number of amides is 2. The van der Waals surface area contributed by atoms with Gasteiger partial charge in [0, 0.05) is 6.42 Å². The van der Waals surface area contributed by atoms with Crippen molar-refractivity contribution in [1.82, 2.24) is 14.9 Å². The first-order valence-corrected chi connectivity index (χ1v) is 9.83. The molecule has 0 fully saturated rings. The topological polar surface area (TPSA) is 113 Å². The third-order valence-corrected chi connectivity index (χ3v) is 5.31. The molecule has 0 radical (unpaired) electrons. The number of rotatable bonds is 5. The Balaban J connectivity index is 1.81. The number of nitrogens with zero attached hydrogens (tertiary/aromatic N) is 1. The number of aromatic amines is 1. The molecule has 1 aliphatic heterocycles. The average molecular weight is 458 g/mol. The normalized spacial score (nSPS) is 17.4. The Kier molecular flexibility index (Phi) is 5.40. The van der Waals surface area contributed by atoms with Crippen LogP contribution in [0.2, 0.25) is 0 Å². The Labute approximate surface area is 184 Å². The van der Waals surface area contributed by atoms with Gasteiger partial charge in [0.2, 0.25) is 11.4 Å². The molecule has 2 aromatic carbocycles. The lowest BCUT2D eigenvalue weighted by Crippen LogP contribution is -2.62. The fourth-order valence-electron chi connectivity index (χ4n) is 3.78. The third-order valence-electron chi connectivity index (χ3n) is 5.31. The van der Waals surface area contributed by atoms with Gasteiger partial charge in [0.15, 0.2) is 0 Å². The van der Waals surface area contributed by atoms with Crippen LogP contribution in [0.15, 0.2) is 70.3 Å². The van der Waals surface area contributed by atoms with E-state index < -0.39 is 46.2 Å². The van der Waals surface area contributed by atoms with Crippen LogP contribution in [-0.4, -0.2) is 27.5 Å². The van der Waals surface area contributed by atoms with Crippen LogP contribution in [-0.2, 0) is 21.5 Å². The first kappa shape index (κ1) is 22.1. The van der Waals surface area contributed by atoms with Gasteiger partial charge in [0.1, 0.15) is 11.4 Å². The van der Waals surface area contributed by atoms with E-state index in [1.54, 1.807) is 41.7 Å². The number of para-hydroxylation sites is 1. The van der Waals surface area contributed by atoms with Gasteiger partial charge >= 0.3 is 11.9 Å². The lowest BCUT2D eigenvalue weighted by molar-refractivity contribution is -0.200. The minimum atomic E-state index is -5.38. The lowest BCUT2D eigenvalue weighted by Gasteiger charge is -2.30. The van der Waals surface area contributed by atoms with Gasteiger partial charge < -0.3 is 10.6 Å². The number of carbonyl (C=O) groups excluding carboxylic acids is 2. The molecule has 0 unspecified atom stereocenters. The van der Waals surface area contributed by atoms with Crippen molar-refractivity contribution in [3.05, 3.63) is 92.6 Å². The van der Waals surface area contributed by atoms with Crippen LogP contribution < -0.4 is 21.9 Å². The van der Waals surface area contributed by atoms with E-state index in [1.165, 1.54) is 24.3 Å². The molecule has 0 saturated carbocycles. The molecule has 3 N–H and O–H groups in total. The zero-order valence-corrected chi connectivity index (χ0v) is 16.9. The summed E-state index contributed by atoms with van der Waals surface area (Å²) in [6.45, 7) is 0. The van der Waals surface area contributed by atoms with E-state index in [2.05, 4.69) is 0 Å². The quantitative estimate of drug-likeness (QED) is 0.543. The SMILES string of the molecule is O=C(CCc1ccccc1)N[C@@]1(C(F)(F)F)C(=O)Nc2c1c(=O)[nH]c(=O)n2-c1ccccc1. The first-order valence-electron chi connectivity index (χ1n) is 9.83. The largest absolute Gasteiger partial charge is 0.425 e. The Hall–Kier alpha value is -4.15. The number of carbonyl (C=O) groups is 2. The number of H-pyrrole nitrogens is 1. The molecule has 1 aromatic heterocycles. The van der Waals surface area contributed by atoms with Crippen molar-refractivity contribution < 1.29 is 22.8 Å². The maximum atomic E-state index is 14.4. The summed E-state index contributed by atoms with van der Waals surface area (Å²) in [4.78, 5) is 52.1. The maximum Gasteiger partial charge on any atom is 0.425 e. The molecule has 0 bridgehead atoms. The van der Waals surface area contributed by atoms with Crippen LogP contribution in [0.3, 0.4) is 0 Å². The minimum absolute atomic E-state index is 0.115. The summed E-state index contributed by atoms with van der Waals surface area (Å²) in [5.41, 5.74) is -6.41. The van der Waals surface area contributed by atoms with Crippen molar-refractivity contribution in [3.63, 3.8) is 0 Å². The monoisotopic (exact) mass is 458 g/mol. The molecule has 0 aliphatic carbocycles. The van der Waals surface area contributed by atoms with Gasteiger partial charge in [0.05, 0.1) is 5.69 Å². The summed E-state index contributed by atoms with van der Waals surface area (Å²) < 4.78 is 43.9. The molecule has 8 nitrogen and oxygen atoms in total. The van der Waals surface area contributed by atoms with Crippen LogP contribution in [0.5, 0.6) is 0 Å². The first-order chi connectivity index (χ1) is 15.6. The van der Waals surface area contributed by atoms with Crippen LogP contribution >= 0.6 is 0 Å². The standard InChI is InChI=1S/C22H17F3N4O4/c23-22(24,25)21(28-15(30)12-11-13-7-3-1-4-8-13)16-17(26-19(21)32)29(20(33)27-18(16)31)14-9-5-2-6-10-14/h1-10H,11-12H2,(H,26,32)(H,28,30)(H,27,31,33)/t21-/m1/s1. The number of aryl methyl sites for hydroxylation is 1. The number of fused-ring (bicyclic) bond motifs is 1. The van der Waals surface area contributed by atoms with E-state index in [1.807, 2.05) is 10.3 Å². The fourth-order valence-corrected chi connectivity index (χ4v) is 3.78.